The second-order valence-electron chi connectivity index (χ2n) is 3.53. The number of ether oxygens (including phenoxy) is 1. The zero-order chi connectivity index (χ0) is 11.3. The van der Waals surface area contributed by atoms with Gasteiger partial charge < -0.3 is 9.84 Å². The second-order valence-corrected chi connectivity index (χ2v) is 3.53. The molecule has 0 saturated carbocycles. The van der Waals surface area contributed by atoms with Crippen molar-refractivity contribution in [2.45, 2.75) is 32.8 Å². The van der Waals surface area contributed by atoms with E-state index in [0.29, 0.717) is 0 Å². The summed E-state index contributed by atoms with van der Waals surface area (Å²) in [6, 6.07) is 7.73. The van der Waals surface area contributed by atoms with Crippen LogP contribution in [0, 0.1) is 0 Å². The van der Waals surface area contributed by atoms with Crippen molar-refractivity contribution in [3.05, 3.63) is 29.8 Å². The molecule has 1 aromatic carbocycles. The topological polar surface area (TPSA) is 46.5 Å². The zero-order valence-electron chi connectivity index (χ0n) is 9.06. The van der Waals surface area contributed by atoms with Gasteiger partial charge in [0, 0.05) is 0 Å². The first-order chi connectivity index (χ1) is 7.11. The average Bonchev–Trinajstić information content (AvgIpc) is 2.16. The van der Waals surface area contributed by atoms with E-state index in [-0.39, 0.29) is 12.5 Å². The van der Waals surface area contributed by atoms with Crippen molar-refractivity contribution in [1.29, 1.82) is 0 Å². The summed E-state index contributed by atoms with van der Waals surface area (Å²) in [6.45, 7) is 3.83. The number of carboxylic acids is 1. The minimum Gasteiger partial charge on any atom is -0.490 e. The van der Waals surface area contributed by atoms with Crippen molar-refractivity contribution in [3.63, 3.8) is 0 Å². The van der Waals surface area contributed by atoms with Crippen molar-refractivity contribution in [2.75, 3.05) is 0 Å². The van der Waals surface area contributed by atoms with Gasteiger partial charge in [-0.2, -0.15) is 0 Å². The van der Waals surface area contributed by atoms with Crippen LogP contribution in [-0.2, 0) is 11.2 Å². The monoisotopic (exact) mass is 208 g/mol. The third-order valence-electron chi connectivity index (χ3n) is 2.11. The lowest BCUT2D eigenvalue weighted by molar-refractivity contribution is -0.138. The molecule has 0 radical (unpaired) electrons. The van der Waals surface area contributed by atoms with Crippen molar-refractivity contribution in [1.82, 2.24) is 0 Å². The quantitative estimate of drug-likeness (QED) is 0.808. The molecule has 0 bridgehead atoms. The standard InChI is InChI=1S/C12H16O3/c1-3-10-5-4-6-11(8-10)15-9(2)7-12(13)14/h4-6,8-9H,3,7H2,1-2H3,(H,13,14). The van der Waals surface area contributed by atoms with Crippen LogP contribution in [0.4, 0.5) is 0 Å². The number of rotatable bonds is 5. The van der Waals surface area contributed by atoms with Gasteiger partial charge in [0.05, 0.1) is 6.42 Å². The normalized spacial score (nSPS) is 12.1. The van der Waals surface area contributed by atoms with E-state index in [1.807, 2.05) is 24.3 Å². The van der Waals surface area contributed by atoms with E-state index in [2.05, 4.69) is 6.92 Å². The molecule has 3 heteroatoms. The van der Waals surface area contributed by atoms with Crippen LogP contribution in [0.25, 0.3) is 0 Å². The highest BCUT2D eigenvalue weighted by molar-refractivity contribution is 5.67. The number of benzene rings is 1. The van der Waals surface area contributed by atoms with Crippen molar-refractivity contribution in [3.8, 4) is 5.75 Å². The van der Waals surface area contributed by atoms with Gasteiger partial charge in [-0.1, -0.05) is 19.1 Å². The molecule has 1 unspecified atom stereocenters. The third kappa shape index (κ3) is 4.02. The Morgan fingerprint density at radius 3 is 2.87 bits per heavy atom. The second kappa shape index (κ2) is 5.39. The third-order valence-corrected chi connectivity index (χ3v) is 2.11. The lowest BCUT2D eigenvalue weighted by Crippen LogP contribution is -2.16. The summed E-state index contributed by atoms with van der Waals surface area (Å²) in [7, 11) is 0. The Balaban J connectivity index is 2.59. The van der Waals surface area contributed by atoms with Crippen LogP contribution in [0.15, 0.2) is 24.3 Å². The van der Waals surface area contributed by atoms with Crippen LogP contribution in [0.1, 0.15) is 25.8 Å². The van der Waals surface area contributed by atoms with Crippen LogP contribution in [0.2, 0.25) is 0 Å². The summed E-state index contributed by atoms with van der Waals surface area (Å²) >= 11 is 0. The molecule has 0 heterocycles. The Morgan fingerprint density at radius 1 is 1.53 bits per heavy atom. The van der Waals surface area contributed by atoms with Gasteiger partial charge in [0.25, 0.3) is 0 Å². The number of carbonyl (C=O) groups is 1. The van der Waals surface area contributed by atoms with Gasteiger partial charge in [0.2, 0.25) is 0 Å². The molecular weight excluding hydrogens is 192 g/mol. The SMILES string of the molecule is CCc1cccc(OC(C)CC(=O)O)c1. The number of aryl methyl sites for hydroxylation is 1. The Morgan fingerprint density at radius 2 is 2.27 bits per heavy atom. The maximum atomic E-state index is 10.4. The fourth-order valence-electron chi connectivity index (χ4n) is 1.36. The minimum atomic E-state index is -0.839. The van der Waals surface area contributed by atoms with Crippen LogP contribution < -0.4 is 4.74 Å². The maximum absolute atomic E-state index is 10.4. The molecule has 1 N–H and O–H groups in total. The van der Waals surface area contributed by atoms with E-state index in [4.69, 9.17) is 9.84 Å². The molecule has 1 rings (SSSR count). The van der Waals surface area contributed by atoms with Crippen molar-refractivity contribution in [2.24, 2.45) is 0 Å². The Bertz CT molecular complexity index is 333. The molecular formula is C12H16O3. The van der Waals surface area contributed by atoms with E-state index in [1.165, 1.54) is 5.56 Å². The van der Waals surface area contributed by atoms with Gasteiger partial charge in [-0.25, -0.2) is 0 Å². The summed E-state index contributed by atoms with van der Waals surface area (Å²) in [5.41, 5.74) is 1.19. The van der Waals surface area contributed by atoms with Crippen LogP contribution in [0.5, 0.6) is 5.75 Å². The fourth-order valence-corrected chi connectivity index (χ4v) is 1.36. The predicted molar refractivity (Wildman–Crippen MR) is 58.2 cm³/mol. The highest BCUT2D eigenvalue weighted by Crippen LogP contribution is 2.16. The Kier molecular flexibility index (Phi) is 4.16. The summed E-state index contributed by atoms with van der Waals surface area (Å²) < 4.78 is 5.49. The highest BCUT2D eigenvalue weighted by Gasteiger charge is 2.08. The maximum Gasteiger partial charge on any atom is 0.307 e. The molecule has 0 fully saturated rings. The van der Waals surface area contributed by atoms with Crippen molar-refractivity contribution < 1.29 is 14.6 Å². The number of hydrogen-bond donors (Lipinski definition) is 1. The zero-order valence-corrected chi connectivity index (χ0v) is 9.06. The number of hydrogen-bond acceptors (Lipinski definition) is 2. The van der Waals surface area contributed by atoms with Gasteiger partial charge in [-0.3, -0.25) is 4.79 Å². The molecule has 0 aliphatic rings. The average molecular weight is 208 g/mol. The molecule has 3 nitrogen and oxygen atoms in total. The van der Waals surface area contributed by atoms with Crippen LogP contribution in [-0.4, -0.2) is 17.2 Å². The Hall–Kier alpha value is -1.51. The first-order valence-electron chi connectivity index (χ1n) is 5.09. The Labute approximate surface area is 89.7 Å². The van der Waals surface area contributed by atoms with Crippen LogP contribution >= 0.6 is 0 Å². The van der Waals surface area contributed by atoms with E-state index in [0.717, 1.165) is 12.2 Å². The predicted octanol–water partition coefficient (Wildman–Crippen LogP) is 2.49. The van der Waals surface area contributed by atoms with E-state index >= 15 is 0 Å². The lowest BCUT2D eigenvalue weighted by Gasteiger charge is -2.13. The summed E-state index contributed by atoms with van der Waals surface area (Å²) in [5.74, 6) is -0.0998. The van der Waals surface area contributed by atoms with Gasteiger partial charge in [0.15, 0.2) is 0 Å². The number of aliphatic carboxylic acids is 1. The van der Waals surface area contributed by atoms with E-state index < -0.39 is 5.97 Å². The smallest absolute Gasteiger partial charge is 0.307 e. The molecule has 0 aliphatic carbocycles. The number of carboxylic acid groups (broad SMARTS) is 1. The van der Waals surface area contributed by atoms with Gasteiger partial charge in [-0.05, 0) is 31.0 Å². The van der Waals surface area contributed by atoms with Gasteiger partial charge in [-0.15, -0.1) is 0 Å². The molecule has 1 aromatic rings. The van der Waals surface area contributed by atoms with Crippen molar-refractivity contribution >= 4 is 5.97 Å². The summed E-state index contributed by atoms with van der Waals surface area (Å²) in [6.07, 6.45) is 0.676. The first kappa shape index (κ1) is 11.6. The van der Waals surface area contributed by atoms with Crippen LogP contribution in [0.3, 0.4) is 0 Å². The lowest BCUT2D eigenvalue weighted by atomic mass is 10.1. The minimum absolute atomic E-state index is 0.0242. The molecule has 82 valence electrons. The molecule has 15 heavy (non-hydrogen) atoms. The van der Waals surface area contributed by atoms with Gasteiger partial charge in [0.1, 0.15) is 11.9 Å². The molecule has 0 spiro atoms. The molecule has 0 amide bonds. The summed E-state index contributed by atoms with van der Waals surface area (Å²) in [4.78, 5) is 10.4. The molecule has 0 aromatic heterocycles. The molecule has 0 aliphatic heterocycles. The fraction of sp³-hybridized carbons (Fsp3) is 0.417. The highest BCUT2D eigenvalue weighted by atomic mass is 16.5. The largest absolute Gasteiger partial charge is 0.490 e. The first-order valence-corrected chi connectivity index (χ1v) is 5.09. The summed E-state index contributed by atoms with van der Waals surface area (Å²) in [5, 5.41) is 8.58. The molecule has 0 saturated heterocycles. The van der Waals surface area contributed by atoms with E-state index in [9.17, 15) is 4.79 Å². The van der Waals surface area contributed by atoms with E-state index in [1.54, 1.807) is 6.92 Å². The van der Waals surface area contributed by atoms with Gasteiger partial charge >= 0.3 is 5.97 Å². The molecule has 1 atom stereocenters.